The van der Waals surface area contributed by atoms with Crippen LogP contribution in [0.4, 0.5) is 0 Å². The van der Waals surface area contributed by atoms with Gasteiger partial charge >= 0.3 is 11.9 Å². The fourth-order valence-electron chi connectivity index (χ4n) is 1.92. The fourth-order valence-corrected chi connectivity index (χ4v) is 2.83. The van der Waals surface area contributed by atoms with Crippen molar-refractivity contribution in [2.45, 2.75) is 13.3 Å². The highest BCUT2D eigenvalue weighted by Gasteiger charge is 2.34. The Hall–Kier alpha value is -2.42. The lowest BCUT2D eigenvalue weighted by Crippen LogP contribution is -2.18. The third-order valence-corrected chi connectivity index (χ3v) is 4.01. The van der Waals surface area contributed by atoms with Gasteiger partial charge in [-0.3, -0.25) is 19.5 Å². The third kappa shape index (κ3) is 3.50. The van der Waals surface area contributed by atoms with Gasteiger partial charge in [-0.2, -0.15) is 5.10 Å². The van der Waals surface area contributed by atoms with Gasteiger partial charge in [-0.25, -0.2) is 4.79 Å². The summed E-state index contributed by atoms with van der Waals surface area (Å²) in [5.41, 5.74) is -0.328. The van der Waals surface area contributed by atoms with E-state index in [-0.39, 0.29) is 40.6 Å². The third-order valence-electron chi connectivity index (χ3n) is 2.98. The molecule has 0 spiro atoms. The second kappa shape index (κ2) is 7.23. The lowest BCUT2D eigenvalue weighted by Gasteiger charge is -2.11. The fraction of sp³-hybridized carbons (Fsp3) is 0.357. The summed E-state index contributed by atoms with van der Waals surface area (Å²) in [7, 11) is 1.27. The van der Waals surface area contributed by atoms with Gasteiger partial charge in [0.25, 0.3) is 0 Å². The summed E-state index contributed by atoms with van der Waals surface area (Å²) in [6, 6.07) is 0. The molecule has 0 amide bonds. The Morgan fingerprint density at radius 3 is 2.74 bits per heavy atom. The molecule has 0 saturated carbocycles. The van der Waals surface area contributed by atoms with Gasteiger partial charge in [-0.05, 0) is 6.92 Å². The minimum absolute atomic E-state index is 0.0866. The Morgan fingerprint density at radius 1 is 1.35 bits per heavy atom. The molecule has 1 aromatic heterocycles. The average molecular weight is 338 g/mol. The zero-order valence-electron chi connectivity index (χ0n) is 12.5. The Kier molecular flexibility index (Phi) is 5.32. The molecule has 0 atom stereocenters. The van der Waals surface area contributed by atoms with Crippen molar-refractivity contribution in [1.29, 1.82) is 0 Å². The summed E-state index contributed by atoms with van der Waals surface area (Å²) in [4.78, 5) is 47.6. The number of ether oxygens (including phenoxy) is 2. The van der Waals surface area contributed by atoms with E-state index < -0.39 is 23.5 Å². The molecule has 0 aliphatic heterocycles. The molecule has 0 radical (unpaired) electrons. The maximum absolute atomic E-state index is 12.5. The maximum Gasteiger partial charge on any atom is 0.357 e. The maximum atomic E-state index is 12.5. The van der Waals surface area contributed by atoms with Crippen molar-refractivity contribution in [2.24, 2.45) is 0 Å². The summed E-state index contributed by atoms with van der Waals surface area (Å²) in [5.74, 6) is -1.86. The highest BCUT2D eigenvalue weighted by molar-refractivity contribution is 8.04. The molecule has 2 rings (SSSR count). The van der Waals surface area contributed by atoms with Gasteiger partial charge in [-0.15, -0.1) is 11.8 Å². The second-order valence-electron chi connectivity index (χ2n) is 4.42. The van der Waals surface area contributed by atoms with Crippen LogP contribution in [0.25, 0.3) is 0 Å². The number of hydrogen-bond acceptors (Lipinski definition) is 8. The molecule has 23 heavy (non-hydrogen) atoms. The number of methoxy groups -OCH3 is 1. The number of carbonyl (C=O) groups excluding carboxylic acids is 4. The van der Waals surface area contributed by atoms with Crippen molar-refractivity contribution in [3.05, 3.63) is 27.9 Å². The molecule has 122 valence electrons. The van der Waals surface area contributed by atoms with Crippen LogP contribution in [0, 0.1) is 0 Å². The van der Waals surface area contributed by atoms with Gasteiger partial charge in [0.15, 0.2) is 5.69 Å². The molecule has 0 bridgehead atoms. The van der Waals surface area contributed by atoms with Gasteiger partial charge in [0.2, 0.25) is 11.6 Å². The van der Waals surface area contributed by atoms with E-state index in [2.05, 4.69) is 14.9 Å². The average Bonchev–Trinajstić information content (AvgIpc) is 2.98. The largest absolute Gasteiger partial charge is 0.469 e. The van der Waals surface area contributed by atoms with Crippen molar-refractivity contribution in [1.82, 2.24) is 10.2 Å². The van der Waals surface area contributed by atoms with Crippen LogP contribution in [0.1, 0.15) is 44.7 Å². The number of Topliss-reactive ketones (excluding diaryl/α,β-unsaturated/α-hetero) is 1. The van der Waals surface area contributed by atoms with Crippen molar-refractivity contribution >= 4 is 35.3 Å². The number of nitrogens with zero attached hydrogens (tertiary/aromatic N) is 1. The summed E-state index contributed by atoms with van der Waals surface area (Å²) < 4.78 is 9.35. The minimum atomic E-state index is -0.747. The zero-order chi connectivity index (χ0) is 17.0. The molecule has 8 nitrogen and oxygen atoms in total. The Labute approximate surface area is 135 Å². The van der Waals surface area contributed by atoms with Crippen LogP contribution in [0.15, 0.2) is 11.0 Å². The van der Waals surface area contributed by atoms with Crippen LogP contribution < -0.4 is 0 Å². The van der Waals surface area contributed by atoms with Gasteiger partial charge < -0.3 is 9.47 Å². The van der Waals surface area contributed by atoms with Crippen LogP contribution >= 0.6 is 11.8 Å². The van der Waals surface area contributed by atoms with E-state index in [1.807, 2.05) is 0 Å². The number of H-pyrrole nitrogens is 1. The summed E-state index contributed by atoms with van der Waals surface area (Å²) in [5, 5.41) is 6.11. The molecule has 1 heterocycles. The summed E-state index contributed by atoms with van der Waals surface area (Å²) >= 11 is 1.05. The van der Waals surface area contributed by atoms with Crippen LogP contribution in [0.3, 0.4) is 0 Å². The Balaban J connectivity index is 2.21. The van der Waals surface area contributed by atoms with E-state index in [0.717, 1.165) is 17.8 Å². The lowest BCUT2D eigenvalue weighted by atomic mass is 9.99. The normalized spacial score (nSPS) is 13.4. The molecule has 1 aromatic rings. The molecule has 1 aliphatic carbocycles. The van der Waals surface area contributed by atoms with Crippen molar-refractivity contribution in [3.63, 3.8) is 0 Å². The van der Waals surface area contributed by atoms with Crippen molar-refractivity contribution in [3.8, 4) is 0 Å². The number of esters is 2. The van der Waals surface area contributed by atoms with E-state index in [1.54, 1.807) is 6.92 Å². The van der Waals surface area contributed by atoms with Crippen molar-refractivity contribution < 1.29 is 28.7 Å². The predicted molar refractivity (Wildman–Crippen MR) is 80.4 cm³/mol. The Bertz CT molecular complexity index is 706. The van der Waals surface area contributed by atoms with E-state index >= 15 is 0 Å². The van der Waals surface area contributed by atoms with E-state index in [4.69, 9.17) is 4.74 Å². The number of fused-ring (bicyclic) bond motifs is 1. The van der Waals surface area contributed by atoms with Gasteiger partial charge in [0.05, 0.1) is 30.6 Å². The molecule has 1 aliphatic rings. The highest BCUT2D eigenvalue weighted by Crippen LogP contribution is 2.30. The highest BCUT2D eigenvalue weighted by atomic mass is 32.2. The molecular weight excluding hydrogens is 324 g/mol. The number of hydrogen-bond donors (Lipinski definition) is 1. The molecule has 0 unspecified atom stereocenters. The monoisotopic (exact) mass is 338 g/mol. The smallest absolute Gasteiger partial charge is 0.357 e. The number of nitrogens with one attached hydrogen (secondary N) is 1. The number of thioether (sulfide) groups is 1. The van der Waals surface area contributed by atoms with Crippen LogP contribution in [-0.4, -0.2) is 53.2 Å². The lowest BCUT2D eigenvalue weighted by molar-refractivity contribution is -0.140. The van der Waals surface area contributed by atoms with Crippen LogP contribution in [-0.2, 0) is 14.3 Å². The molecule has 0 fully saturated rings. The molecular formula is C14H14N2O6S. The van der Waals surface area contributed by atoms with Gasteiger partial charge in [-0.1, -0.05) is 0 Å². The molecule has 9 heteroatoms. The first-order valence-corrected chi connectivity index (χ1v) is 7.74. The van der Waals surface area contributed by atoms with Crippen LogP contribution in [0.2, 0.25) is 0 Å². The summed E-state index contributed by atoms with van der Waals surface area (Å²) in [6.07, 6.45) is 1.26. The number of ketones is 2. The van der Waals surface area contributed by atoms with E-state index in [9.17, 15) is 19.2 Å². The van der Waals surface area contributed by atoms with Gasteiger partial charge in [0, 0.05) is 11.8 Å². The predicted octanol–water partition coefficient (Wildman–Crippen LogP) is 1.15. The first kappa shape index (κ1) is 16.9. The standard InChI is InChI=1S/C14H14N2O6S/c1-3-22-14(20)12-10-11(15-16-12)7(17)6-8(13(10)19)23-5-4-9(18)21-2/h6H,3-5H2,1-2H3,(H,15,16). The molecule has 0 aromatic carbocycles. The van der Waals surface area contributed by atoms with E-state index in [0.29, 0.717) is 0 Å². The molecule has 1 N–H and O–H groups in total. The first-order valence-electron chi connectivity index (χ1n) is 6.75. The zero-order valence-corrected chi connectivity index (χ0v) is 13.3. The summed E-state index contributed by atoms with van der Waals surface area (Å²) in [6.45, 7) is 1.76. The number of rotatable bonds is 6. The Morgan fingerprint density at radius 2 is 2.09 bits per heavy atom. The number of aromatic amines is 1. The second-order valence-corrected chi connectivity index (χ2v) is 5.56. The molecule has 0 saturated heterocycles. The first-order chi connectivity index (χ1) is 11.0. The van der Waals surface area contributed by atoms with Crippen molar-refractivity contribution in [2.75, 3.05) is 19.5 Å². The number of allylic oxidation sites excluding steroid dienone is 2. The van der Waals surface area contributed by atoms with Crippen LogP contribution in [0.5, 0.6) is 0 Å². The number of carbonyl (C=O) groups is 4. The minimum Gasteiger partial charge on any atom is -0.469 e. The quantitative estimate of drug-likeness (QED) is 0.768. The van der Waals surface area contributed by atoms with Gasteiger partial charge in [0.1, 0.15) is 5.69 Å². The SMILES string of the molecule is CCOC(=O)c1[nH]nc2c1C(=O)C(SCCC(=O)OC)=CC2=O. The topological polar surface area (TPSA) is 115 Å². The number of aromatic nitrogens is 2. The van der Waals surface area contributed by atoms with E-state index in [1.165, 1.54) is 7.11 Å².